The maximum absolute atomic E-state index is 3.95. The third-order valence-corrected chi connectivity index (χ3v) is 6.59. The topological polar surface area (TPSA) is 0 Å². The Morgan fingerprint density at radius 1 is 0.552 bits per heavy atom. The van der Waals surface area contributed by atoms with Crippen LogP contribution in [-0.2, 0) is 0 Å². The molecule has 0 amide bonds. The molecule has 0 rings (SSSR count). The summed E-state index contributed by atoms with van der Waals surface area (Å²) in [6, 6.07) is 0. The van der Waals surface area contributed by atoms with Crippen LogP contribution in [0.2, 0.25) is 0 Å². The van der Waals surface area contributed by atoms with Gasteiger partial charge in [-0.2, -0.15) is 0 Å². The van der Waals surface area contributed by atoms with Crippen molar-refractivity contribution in [1.82, 2.24) is 0 Å². The largest absolute Gasteiger partial charge is 0.0885 e. The van der Waals surface area contributed by atoms with Gasteiger partial charge < -0.3 is 0 Å². The molecule has 29 heavy (non-hydrogen) atoms. The molecule has 0 nitrogen and oxygen atoms in total. The standard InChI is InChI=1S/C29H56/c1-4-7-9-11-12-13-14-15-16-17-18-19-20-21-22-23-24-26-28-29(6-3)27-25-10-8-5-2/h4,7,29H,1-2,5-6,8-28H2,3H3. The molecule has 0 aromatic heterocycles. The van der Waals surface area contributed by atoms with Crippen molar-refractivity contribution in [3.8, 4) is 0 Å². The highest BCUT2D eigenvalue weighted by Gasteiger charge is 2.05. The molecule has 2 radical (unpaired) electrons. The zero-order chi connectivity index (χ0) is 21.3. The molecule has 0 aliphatic heterocycles. The van der Waals surface area contributed by atoms with Crippen molar-refractivity contribution >= 4 is 0 Å². The summed E-state index contributed by atoms with van der Waals surface area (Å²) < 4.78 is 0. The molecule has 0 heterocycles. The highest BCUT2D eigenvalue weighted by Crippen LogP contribution is 2.21. The SMILES string of the molecule is [CH2]C=CCCCCCCCCCCCCCCCCCC(CC)CCCCC[CH2]. The average Bonchev–Trinajstić information content (AvgIpc) is 2.74. The van der Waals surface area contributed by atoms with Gasteiger partial charge in [0.25, 0.3) is 0 Å². The van der Waals surface area contributed by atoms with E-state index >= 15 is 0 Å². The van der Waals surface area contributed by atoms with Gasteiger partial charge in [0.1, 0.15) is 0 Å². The van der Waals surface area contributed by atoms with Gasteiger partial charge in [-0.1, -0.05) is 161 Å². The summed E-state index contributed by atoms with van der Waals surface area (Å²) in [6.07, 6.45) is 36.8. The number of hydrogen-bond acceptors (Lipinski definition) is 0. The Labute approximate surface area is 186 Å². The van der Waals surface area contributed by atoms with E-state index in [1.165, 1.54) is 141 Å². The summed E-state index contributed by atoms with van der Waals surface area (Å²) in [6.45, 7) is 10.1. The lowest BCUT2D eigenvalue weighted by atomic mass is 9.92. The van der Waals surface area contributed by atoms with Crippen LogP contribution >= 0.6 is 0 Å². The van der Waals surface area contributed by atoms with Crippen LogP contribution < -0.4 is 0 Å². The second-order valence-corrected chi connectivity index (χ2v) is 9.33. The summed E-state index contributed by atoms with van der Waals surface area (Å²) in [5.41, 5.74) is 0. The second kappa shape index (κ2) is 25.8. The van der Waals surface area contributed by atoms with E-state index in [2.05, 4.69) is 26.8 Å². The number of unbranched alkanes of at least 4 members (excludes halogenated alkanes) is 18. The third kappa shape index (κ3) is 23.9. The molecule has 172 valence electrons. The molecule has 0 aromatic carbocycles. The summed E-state index contributed by atoms with van der Waals surface area (Å²) in [4.78, 5) is 0. The number of allylic oxidation sites excluding steroid dienone is 2. The van der Waals surface area contributed by atoms with Crippen molar-refractivity contribution in [3.05, 3.63) is 26.0 Å². The molecule has 0 aliphatic carbocycles. The fourth-order valence-corrected chi connectivity index (χ4v) is 4.45. The first kappa shape index (κ1) is 28.7. The average molecular weight is 405 g/mol. The minimum absolute atomic E-state index is 0.996. The van der Waals surface area contributed by atoms with Crippen molar-refractivity contribution in [2.75, 3.05) is 0 Å². The van der Waals surface area contributed by atoms with E-state index in [1.54, 1.807) is 0 Å². The Kier molecular flexibility index (Phi) is 25.5. The first-order valence-corrected chi connectivity index (χ1v) is 13.6. The number of hydrogen-bond donors (Lipinski definition) is 0. The molecule has 0 spiro atoms. The van der Waals surface area contributed by atoms with Crippen LogP contribution in [0.4, 0.5) is 0 Å². The van der Waals surface area contributed by atoms with E-state index < -0.39 is 0 Å². The van der Waals surface area contributed by atoms with Gasteiger partial charge in [0.05, 0.1) is 0 Å². The number of rotatable bonds is 24. The normalized spacial score (nSPS) is 12.8. The summed E-state index contributed by atoms with van der Waals surface area (Å²) in [5.74, 6) is 0.996. The first-order valence-electron chi connectivity index (χ1n) is 13.6. The summed E-state index contributed by atoms with van der Waals surface area (Å²) in [7, 11) is 0. The van der Waals surface area contributed by atoms with Crippen LogP contribution in [-0.4, -0.2) is 0 Å². The molecule has 1 atom stereocenters. The fourth-order valence-electron chi connectivity index (χ4n) is 4.45. The van der Waals surface area contributed by atoms with Gasteiger partial charge in [-0.15, -0.1) is 0 Å². The molecule has 1 unspecified atom stereocenters. The lowest BCUT2D eigenvalue weighted by Crippen LogP contribution is -1.99. The predicted octanol–water partition coefficient (Wildman–Crippen LogP) is 10.8. The van der Waals surface area contributed by atoms with Crippen LogP contribution in [0, 0.1) is 19.8 Å². The molecule has 0 fully saturated rings. The van der Waals surface area contributed by atoms with Crippen molar-refractivity contribution < 1.29 is 0 Å². The summed E-state index contributed by atoms with van der Waals surface area (Å²) >= 11 is 0. The molecule has 0 heteroatoms. The van der Waals surface area contributed by atoms with Crippen LogP contribution in [0.15, 0.2) is 12.2 Å². The fraction of sp³-hybridized carbons (Fsp3) is 0.862. The van der Waals surface area contributed by atoms with Gasteiger partial charge in [-0.05, 0) is 25.7 Å². The molecule has 0 saturated carbocycles. The minimum atomic E-state index is 0.996. The van der Waals surface area contributed by atoms with Crippen molar-refractivity contribution in [2.24, 2.45) is 5.92 Å². The molecule has 0 saturated heterocycles. The molecule has 0 aromatic rings. The zero-order valence-electron chi connectivity index (χ0n) is 20.4. The van der Waals surface area contributed by atoms with Crippen molar-refractivity contribution in [1.29, 1.82) is 0 Å². The van der Waals surface area contributed by atoms with Gasteiger partial charge in [0.15, 0.2) is 0 Å². The van der Waals surface area contributed by atoms with E-state index in [0.717, 1.165) is 12.3 Å². The Balaban J connectivity index is 3.17. The molecule has 0 N–H and O–H groups in total. The Bertz CT molecular complexity index is 303. The zero-order valence-corrected chi connectivity index (χ0v) is 20.4. The van der Waals surface area contributed by atoms with E-state index in [-0.39, 0.29) is 0 Å². The van der Waals surface area contributed by atoms with E-state index in [0.29, 0.717) is 0 Å². The highest BCUT2D eigenvalue weighted by molar-refractivity contribution is 4.83. The monoisotopic (exact) mass is 404 g/mol. The maximum Gasteiger partial charge on any atom is -0.0316 e. The minimum Gasteiger partial charge on any atom is -0.0885 e. The lowest BCUT2D eigenvalue weighted by molar-refractivity contribution is 0.394. The quantitative estimate of drug-likeness (QED) is 0.140. The first-order chi connectivity index (χ1) is 14.3. The molecular formula is C29H56. The smallest absolute Gasteiger partial charge is 0.0316 e. The Morgan fingerprint density at radius 2 is 0.931 bits per heavy atom. The Morgan fingerprint density at radius 3 is 1.31 bits per heavy atom. The molecule has 0 bridgehead atoms. The second-order valence-electron chi connectivity index (χ2n) is 9.33. The lowest BCUT2D eigenvalue weighted by Gasteiger charge is -2.14. The molecule has 0 aliphatic rings. The van der Waals surface area contributed by atoms with Crippen LogP contribution in [0.5, 0.6) is 0 Å². The van der Waals surface area contributed by atoms with Gasteiger partial charge in [-0.25, -0.2) is 0 Å². The van der Waals surface area contributed by atoms with E-state index in [4.69, 9.17) is 0 Å². The van der Waals surface area contributed by atoms with Crippen molar-refractivity contribution in [3.63, 3.8) is 0 Å². The molecular weight excluding hydrogens is 348 g/mol. The van der Waals surface area contributed by atoms with Crippen LogP contribution in [0.1, 0.15) is 155 Å². The van der Waals surface area contributed by atoms with Gasteiger partial charge in [0, 0.05) is 0 Å². The van der Waals surface area contributed by atoms with Crippen LogP contribution in [0.3, 0.4) is 0 Å². The van der Waals surface area contributed by atoms with Gasteiger partial charge in [-0.3, -0.25) is 0 Å². The van der Waals surface area contributed by atoms with Gasteiger partial charge >= 0.3 is 0 Å². The van der Waals surface area contributed by atoms with E-state index in [9.17, 15) is 0 Å². The highest BCUT2D eigenvalue weighted by atomic mass is 14.1. The van der Waals surface area contributed by atoms with Crippen LogP contribution in [0.25, 0.3) is 0 Å². The van der Waals surface area contributed by atoms with Crippen molar-refractivity contribution in [2.45, 2.75) is 155 Å². The summed E-state index contributed by atoms with van der Waals surface area (Å²) in [5, 5.41) is 0. The van der Waals surface area contributed by atoms with E-state index in [1.807, 2.05) is 6.08 Å². The Hall–Kier alpha value is -0.260. The third-order valence-electron chi connectivity index (χ3n) is 6.59. The maximum atomic E-state index is 3.95. The van der Waals surface area contributed by atoms with Gasteiger partial charge in [0.2, 0.25) is 0 Å². The predicted molar refractivity (Wildman–Crippen MR) is 135 cm³/mol.